The van der Waals surface area contributed by atoms with Crippen molar-refractivity contribution in [2.24, 2.45) is 0 Å². The Morgan fingerprint density at radius 2 is 2.10 bits per heavy atom. The van der Waals surface area contributed by atoms with Gasteiger partial charge in [0.05, 0.1) is 21.6 Å². The first kappa shape index (κ1) is 14.8. The maximum absolute atomic E-state index is 10.6. The standard InChI is InChI=1S/C15H11ClN2O3/c1-10-6-11(8-17)2-3-12(10)9-21-15-5-4-13(18(19)20)7-14(15)16/h2-7H,9H2,1H3. The Kier molecular flexibility index (Phi) is 4.41. The molecule has 0 atom stereocenters. The quantitative estimate of drug-likeness (QED) is 0.631. The average Bonchev–Trinajstić information content (AvgIpc) is 2.46. The number of hydrogen-bond acceptors (Lipinski definition) is 4. The van der Waals surface area contributed by atoms with Crippen LogP contribution in [0.5, 0.6) is 5.75 Å². The van der Waals surface area contributed by atoms with Crippen molar-refractivity contribution < 1.29 is 9.66 Å². The molecule has 0 spiro atoms. The summed E-state index contributed by atoms with van der Waals surface area (Å²) in [7, 11) is 0. The zero-order valence-electron chi connectivity index (χ0n) is 11.2. The van der Waals surface area contributed by atoms with E-state index in [4.69, 9.17) is 21.6 Å². The molecule has 0 saturated carbocycles. The number of benzene rings is 2. The number of nitro groups is 1. The monoisotopic (exact) mass is 302 g/mol. The SMILES string of the molecule is Cc1cc(C#N)ccc1COc1ccc([N+](=O)[O-])cc1Cl. The lowest BCUT2D eigenvalue weighted by atomic mass is 10.1. The van der Waals surface area contributed by atoms with E-state index in [0.717, 1.165) is 11.1 Å². The Bertz CT molecular complexity index is 738. The second-order valence-electron chi connectivity index (χ2n) is 4.41. The van der Waals surface area contributed by atoms with Crippen LogP contribution in [0.2, 0.25) is 5.02 Å². The van der Waals surface area contributed by atoms with Crippen molar-refractivity contribution in [1.82, 2.24) is 0 Å². The minimum atomic E-state index is -0.513. The summed E-state index contributed by atoms with van der Waals surface area (Å²) in [5, 5.41) is 19.6. The first-order chi connectivity index (χ1) is 10.0. The van der Waals surface area contributed by atoms with Crippen LogP contribution >= 0.6 is 11.6 Å². The molecule has 5 nitrogen and oxygen atoms in total. The van der Waals surface area contributed by atoms with Crippen molar-refractivity contribution in [1.29, 1.82) is 5.26 Å². The summed E-state index contributed by atoms with van der Waals surface area (Å²) in [5.74, 6) is 0.381. The lowest BCUT2D eigenvalue weighted by Gasteiger charge is -2.10. The highest BCUT2D eigenvalue weighted by Gasteiger charge is 2.10. The molecule has 0 aromatic heterocycles. The van der Waals surface area contributed by atoms with Gasteiger partial charge in [0.2, 0.25) is 0 Å². The van der Waals surface area contributed by atoms with Crippen LogP contribution < -0.4 is 4.74 Å². The molecule has 0 heterocycles. The van der Waals surface area contributed by atoms with Crippen molar-refractivity contribution in [2.75, 3.05) is 0 Å². The van der Waals surface area contributed by atoms with Gasteiger partial charge in [-0.05, 0) is 36.2 Å². The third-order valence-electron chi connectivity index (χ3n) is 2.98. The number of nitrogens with zero attached hydrogens (tertiary/aromatic N) is 2. The van der Waals surface area contributed by atoms with Crippen LogP contribution in [-0.2, 0) is 6.61 Å². The highest BCUT2D eigenvalue weighted by atomic mass is 35.5. The number of halogens is 1. The minimum absolute atomic E-state index is 0.0816. The van der Waals surface area contributed by atoms with E-state index < -0.39 is 4.92 Å². The summed E-state index contributed by atoms with van der Waals surface area (Å²) < 4.78 is 5.57. The van der Waals surface area contributed by atoms with Crippen LogP contribution in [0.3, 0.4) is 0 Å². The van der Waals surface area contributed by atoms with E-state index in [9.17, 15) is 10.1 Å². The molecule has 0 N–H and O–H groups in total. The van der Waals surface area contributed by atoms with Gasteiger partial charge in [0, 0.05) is 12.1 Å². The Labute approximate surface area is 126 Å². The number of nitriles is 1. The fourth-order valence-corrected chi connectivity index (χ4v) is 2.03. The highest BCUT2D eigenvalue weighted by Crippen LogP contribution is 2.29. The molecule has 0 bridgehead atoms. The summed E-state index contributed by atoms with van der Waals surface area (Å²) in [6.45, 7) is 2.16. The van der Waals surface area contributed by atoms with Gasteiger partial charge in [-0.25, -0.2) is 0 Å². The molecule has 0 saturated heterocycles. The van der Waals surface area contributed by atoms with Gasteiger partial charge >= 0.3 is 0 Å². The molecule has 2 aromatic rings. The van der Waals surface area contributed by atoms with E-state index in [1.807, 2.05) is 13.0 Å². The van der Waals surface area contributed by atoms with Gasteiger partial charge in [-0.1, -0.05) is 17.7 Å². The van der Waals surface area contributed by atoms with Gasteiger partial charge in [0.15, 0.2) is 0 Å². The zero-order valence-corrected chi connectivity index (χ0v) is 11.9. The first-order valence-corrected chi connectivity index (χ1v) is 6.45. The molecule has 106 valence electrons. The summed E-state index contributed by atoms with van der Waals surface area (Å²) in [5.41, 5.74) is 2.36. The molecule has 0 amide bonds. The molecule has 2 rings (SSSR count). The molecular weight excluding hydrogens is 292 g/mol. The van der Waals surface area contributed by atoms with Crippen LogP contribution in [0.1, 0.15) is 16.7 Å². The van der Waals surface area contributed by atoms with Gasteiger partial charge in [0.1, 0.15) is 12.4 Å². The molecule has 6 heteroatoms. The van der Waals surface area contributed by atoms with E-state index >= 15 is 0 Å². The van der Waals surface area contributed by atoms with Crippen molar-refractivity contribution in [3.05, 3.63) is 68.2 Å². The summed E-state index contributed by atoms with van der Waals surface area (Å²) in [6, 6.07) is 11.4. The van der Waals surface area contributed by atoms with Crippen LogP contribution in [0.4, 0.5) is 5.69 Å². The highest BCUT2D eigenvalue weighted by molar-refractivity contribution is 6.32. The molecule has 21 heavy (non-hydrogen) atoms. The fraction of sp³-hybridized carbons (Fsp3) is 0.133. The van der Waals surface area contributed by atoms with Gasteiger partial charge in [0.25, 0.3) is 5.69 Å². The molecule has 0 unspecified atom stereocenters. The Morgan fingerprint density at radius 1 is 1.33 bits per heavy atom. The summed E-state index contributed by atoms with van der Waals surface area (Å²) in [4.78, 5) is 10.1. The Hall–Kier alpha value is -2.58. The topological polar surface area (TPSA) is 76.2 Å². The number of ether oxygens (including phenoxy) is 1. The molecule has 2 aromatic carbocycles. The van der Waals surface area contributed by atoms with E-state index in [1.165, 1.54) is 18.2 Å². The second kappa shape index (κ2) is 6.25. The fourth-order valence-electron chi connectivity index (χ4n) is 1.80. The maximum Gasteiger partial charge on any atom is 0.271 e. The number of non-ortho nitro benzene ring substituents is 1. The van der Waals surface area contributed by atoms with E-state index in [-0.39, 0.29) is 17.3 Å². The third-order valence-corrected chi connectivity index (χ3v) is 3.28. The van der Waals surface area contributed by atoms with Crippen LogP contribution in [0.15, 0.2) is 36.4 Å². The van der Waals surface area contributed by atoms with Crippen molar-refractivity contribution in [3.63, 3.8) is 0 Å². The van der Waals surface area contributed by atoms with Crippen molar-refractivity contribution >= 4 is 17.3 Å². The normalized spacial score (nSPS) is 9.95. The Balaban J connectivity index is 2.13. The van der Waals surface area contributed by atoms with Gasteiger partial charge < -0.3 is 4.74 Å². The lowest BCUT2D eigenvalue weighted by Crippen LogP contribution is -1.99. The summed E-state index contributed by atoms with van der Waals surface area (Å²) in [6.07, 6.45) is 0. The smallest absolute Gasteiger partial charge is 0.271 e. The van der Waals surface area contributed by atoms with Crippen LogP contribution in [0, 0.1) is 28.4 Å². The first-order valence-electron chi connectivity index (χ1n) is 6.07. The number of aryl methyl sites for hydroxylation is 1. The lowest BCUT2D eigenvalue weighted by molar-refractivity contribution is -0.384. The molecule has 0 fully saturated rings. The predicted molar refractivity (Wildman–Crippen MR) is 78.3 cm³/mol. The van der Waals surface area contributed by atoms with Gasteiger partial charge in [-0.15, -0.1) is 0 Å². The molecular formula is C15H11ClN2O3. The third kappa shape index (κ3) is 3.50. The van der Waals surface area contributed by atoms with Crippen LogP contribution in [0.25, 0.3) is 0 Å². The number of rotatable bonds is 4. The average molecular weight is 303 g/mol. The van der Waals surface area contributed by atoms with E-state index in [1.54, 1.807) is 12.1 Å². The van der Waals surface area contributed by atoms with Gasteiger partial charge in [-0.3, -0.25) is 10.1 Å². The Morgan fingerprint density at radius 3 is 2.67 bits per heavy atom. The zero-order chi connectivity index (χ0) is 15.4. The van der Waals surface area contributed by atoms with Crippen molar-refractivity contribution in [2.45, 2.75) is 13.5 Å². The predicted octanol–water partition coefficient (Wildman–Crippen LogP) is 4.01. The molecule has 0 aliphatic rings. The largest absolute Gasteiger partial charge is 0.487 e. The molecule has 0 aliphatic heterocycles. The second-order valence-corrected chi connectivity index (χ2v) is 4.82. The van der Waals surface area contributed by atoms with E-state index in [2.05, 4.69) is 6.07 Å². The molecule has 0 aliphatic carbocycles. The van der Waals surface area contributed by atoms with Crippen LogP contribution in [-0.4, -0.2) is 4.92 Å². The van der Waals surface area contributed by atoms with Crippen molar-refractivity contribution in [3.8, 4) is 11.8 Å². The number of hydrogen-bond donors (Lipinski definition) is 0. The van der Waals surface area contributed by atoms with E-state index in [0.29, 0.717) is 11.3 Å². The maximum atomic E-state index is 10.6. The molecule has 0 radical (unpaired) electrons. The van der Waals surface area contributed by atoms with Gasteiger partial charge in [-0.2, -0.15) is 5.26 Å². The minimum Gasteiger partial charge on any atom is -0.487 e. The number of nitro benzene ring substituents is 1. The summed E-state index contributed by atoms with van der Waals surface area (Å²) >= 11 is 5.95.